The number of nitrogens with two attached hydrogens (primary N) is 1. The maximum atomic E-state index is 6.09. The molecule has 0 aliphatic carbocycles. The van der Waals surface area contributed by atoms with Gasteiger partial charge in [-0.1, -0.05) is 6.07 Å². The summed E-state index contributed by atoms with van der Waals surface area (Å²) in [6.45, 7) is 2.06. The van der Waals surface area contributed by atoms with E-state index in [1.807, 2.05) is 23.8 Å². The zero-order valence-corrected chi connectivity index (χ0v) is 17.1. The summed E-state index contributed by atoms with van der Waals surface area (Å²) in [5.74, 6) is 1.11. The molecule has 0 atom stereocenters. The molecule has 2 aromatic heterocycles. The number of aryl methyl sites for hydroxylation is 1. The number of amidine groups is 1. The number of aliphatic imine (C=N–C) groups is 1. The van der Waals surface area contributed by atoms with Crippen LogP contribution in [0.4, 0.5) is 16.6 Å². The fourth-order valence-corrected chi connectivity index (χ4v) is 4.63. The molecule has 0 aliphatic heterocycles. The van der Waals surface area contributed by atoms with Crippen molar-refractivity contribution >= 4 is 72.8 Å². The molecule has 0 amide bonds. The standard InChI is InChI=1S/C16H15BrN4S3/c1-9-3-4-11(10(17)7-9)19-16-21-13(8-23-16)20-15(18)12-5-6-14(22-2)24-12/h3-8H,1-2H3,(H2,18,20)(H,19,21). The van der Waals surface area contributed by atoms with Gasteiger partial charge in [0.1, 0.15) is 5.84 Å². The fourth-order valence-electron chi connectivity index (χ4n) is 1.96. The molecule has 0 radical (unpaired) electrons. The molecule has 0 bridgehead atoms. The number of nitrogens with zero attached hydrogens (tertiary/aromatic N) is 2. The van der Waals surface area contributed by atoms with Gasteiger partial charge in [-0.05, 0) is 58.9 Å². The van der Waals surface area contributed by atoms with Crippen molar-refractivity contribution in [2.45, 2.75) is 11.1 Å². The van der Waals surface area contributed by atoms with Gasteiger partial charge in [0.2, 0.25) is 0 Å². The molecular formula is C16H15BrN4S3. The number of benzene rings is 1. The van der Waals surface area contributed by atoms with E-state index in [1.165, 1.54) is 21.1 Å². The number of thioether (sulfide) groups is 1. The van der Waals surface area contributed by atoms with E-state index in [9.17, 15) is 0 Å². The van der Waals surface area contributed by atoms with Crippen LogP contribution in [0.1, 0.15) is 10.4 Å². The van der Waals surface area contributed by atoms with Gasteiger partial charge in [0.05, 0.1) is 14.8 Å². The van der Waals surface area contributed by atoms with Crippen LogP contribution in [0.2, 0.25) is 0 Å². The molecule has 4 nitrogen and oxygen atoms in total. The van der Waals surface area contributed by atoms with Crippen molar-refractivity contribution in [3.63, 3.8) is 0 Å². The van der Waals surface area contributed by atoms with Crippen molar-refractivity contribution in [2.75, 3.05) is 11.6 Å². The SMILES string of the molecule is CSc1ccc(C(N)=Nc2csc(Nc3ccc(C)cc3Br)n2)s1. The second-order valence-electron chi connectivity index (χ2n) is 4.94. The smallest absolute Gasteiger partial charge is 0.189 e. The lowest BCUT2D eigenvalue weighted by Gasteiger charge is -2.05. The van der Waals surface area contributed by atoms with Gasteiger partial charge >= 0.3 is 0 Å². The molecule has 0 spiro atoms. The normalized spacial score (nSPS) is 11.7. The highest BCUT2D eigenvalue weighted by molar-refractivity contribution is 9.10. The van der Waals surface area contributed by atoms with Crippen LogP contribution in [0.25, 0.3) is 0 Å². The Hall–Kier alpha value is -1.35. The Labute approximate surface area is 161 Å². The lowest BCUT2D eigenvalue weighted by atomic mass is 10.2. The summed E-state index contributed by atoms with van der Waals surface area (Å²) < 4.78 is 2.22. The number of thiophene rings is 1. The van der Waals surface area contributed by atoms with Crippen LogP contribution in [-0.4, -0.2) is 17.1 Å². The van der Waals surface area contributed by atoms with E-state index < -0.39 is 0 Å². The van der Waals surface area contributed by atoms with Gasteiger partial charge in [-0.15, -0.1) is 34.4 Å². The highest BCUT2D eigenvalue weighted by Gasteiger charge is 2.07. The number of hydrogen-bond acceptors (Lipinski definition) is 6. The number of aromatic nitrogens is 1. The van der Waals surface area contributed by atoms with Crippen molar-refractivity contribution in [2.24, 2.45) is 10.7 Å². The number of thiazole rings is 1. The van der Waals surface area contributed by atoms with Crippen LogP contribution >= 0.6 is 50.4 Å². The fraction of sp³-hybridized carbons (Fsp3) is 0.125. The number of anilines is 2. The lowest BCUT2D eigenvalue weighted by molar-refractivity contribution is 1.31. The van der Waals surface area contributed by atoms with E-state index in [0.29, 0.717) is 11.7 Å². The summed E-state index contributed by atoms with van der Waals surface area (Å²) in [7, 11) is 0. The van der Waals surface area contributed by atoms with Crippen molar-refractivity contribution in [1.82, 2.24) is 4.98 Å². The van der Waals surface area contributed by atoms with Gasteiger partial charge in [-0.3, -0.25) is 0 Å². The minimum Gasteiger partial charge on any atom is -0.382 e. The molecule has 3 rings (SSSR count). The van der Waals surface area contributed by atoms with E-state index in [1.54, 1.807) is 23.1 Å². The first-order valence-corrected chi connectivity index (χ1v) is 10.7. The highest BCUT2D eigenvalue weighted by atomic mass is 79.9. The summed E-state index contributed by atoms with van der Waals surface area (Å²) in [6, 6.07) is 10.2. The van der Waals surface area contributed by atoms with E-state index in [4.69, 9.17) is 5.73 Å². The Morgan fingerprint density at radius 3 is 2.88 bits per heavy atom. The molecule has 0 aliphatic rings. The van der Waals surface area contributed by atoms with Crippen LogP contribution in [0.3, 0.4) is 0 Å². The Kier molecular flexibility index (Phi) is 5.60. The maximum Gasteiger partial charge on any atom is 0.189 e. The predicted octanol–water partition coefficient (Wildman–Crippen LogP) is 5.78. The molecule has 3 aromatic rings. The van der Waals surface area contributed by atoms with Gasteiger partial charge in [0.25, 0.3) is 0 Å². The Balaban J connectivity index is 1.76. The largest absolute Gasteiger partial charge is 0.382 e. The van der Waals surface area contributed by atoms with Crippen molar-refractivity contribution < 1.29 is 0 Å². The van der Waals surface area contributed by atoms with E-state index >= 15 is 0 Å². The molecule has 2 heterocycles. The predicted molar refractivity (Wildman–Crippen MR) is 111 cm³/mol. The van der Waals surface area contributed by atoms with Gasteiger partial charge < -0.3 is 11.1 Å². The van der Waals surface area contributed by atoms with E-state index in [2.05, 4.69) is 56.3 Å². The first kappa shape index (κ1) is 17.5. The summed E-state index contributed by atoms with van der Waals surface area (Å²) in [5.41, 5.74) is 8.26. The van der Waals surface area contributed by atoms with Gasteiger partial charge in [0, 0.05) is 9.85 Å². The molecule has 124 valence electrons. The van der Waals surface area contributed by atoms with E-state index in [0.717, 1.165) is 20.2 Å². The third-order valence-corrected chi connectivity index (χ3v) is 6.72. The Bertz CT molecular complexity index is 885. The van der Waals surface area contributed by atoms with Crippen LogP contribution in [0.5, 0.6) is 0 Å². The maximum absolute atomic E-state index is 6.09. The Morgan fingerprint density at radius 1 is 1.33 bits per heavy atom. The van der Waals surface area contributed by atoms with Gasteiger partial charge in [0.15, 0.2) is 10.9 Å². The number of nitrogens with one attached hydrogen (secondary N) is 1. The second-order valence-corrected chi connectivity index (χ2v) is 8.84. The average Bonchev–Trinajstić information content (AvgIpc) is 3.19. The van der Waals surface area contributed by atoms with E-state index in [-0.39, 0.29) is 0 Å². The van der Waals surface area contributed by atoms with Crippen LogP contribution in [0.15, 0.2) is 49.4 Å². The molecule has 24 heavy (non-hydrogen) atoms. The second kappa shape index (κ2) is 7.69. The third kappa shape index (κ3) is 4.18. The van der Waals surface area contributed by atoms with Crippen LogP contribution < -0.4 is 11.1 Å². The number of halogens is 1. The summed E-state index contributed by atoms with van der Waals surface area (Å²) >= 11 is 8.39. The minimum absolute atomic E-state index is 0.494. The monoisotopic (exact) mass is 438 g/mol. The van der Waals surface area contributed by atoms with Crippen LogP contribution in [0, 0.1) is 6.92 Å². The quantitative estimate of drug-likeness (QED) is 0.301. The molecule has 8 heteroatoms. The molecule has 0 fully saturated rings. The molecule has 3 N–H and O–H groups in total. The zero-order valence-electron chi connectivity index (χ0n) is 13.0. The summed E-state index contributed by atoms with van der Waals surface area (Å²) in [6.07, 6.45) is 2.05. The molecule has 0 unspecified atom stereocenters. The Morgan fingerprint density at radius 2 is 2.17 bits per heavy atom. The van der Waals surface area contributed by atoms with Crippen LogP contribution in [-0.2, 0) is 0 Å². The molecular weight excluding hydrogens is 424 g/mol. The van der Waals surface area contributed by atoms with Gasteiger partial charge in [-0.2, -0.15) is 0 Å². The number of rotatable bonds is 5. The topological polar surface area (TPSA) is 63.3 Å². The molecule has 1 aromatic carbocycles. The van der Waals surface area contributed by atoms with Crippen molar-refractivity contribution in [3.8, 4) is 0 Å². The third-order valence-electron chi connectivity index (χ3n) is 3.13. The average molecular weight is 439 g/mol. The molecule has 0 saturated carbocycles. The minimum atomic E-state index is 0.494. The van der Waals surface area contributed by atoms with Gasteiger partial charge in [-0.25, -0.2) is 9.98 Å². The molecule has 0 saturated heterocycles. The summed E-state index contributed by atoms with van der Waals surface area (Å²) in [4.78, 5) is 9.86. The van der Waals surface area contributed by atoms with Crippen molar-refractivity contribution in [3.05, 3.63) is 50.6 Å². The summed E-state index contributed by atoms with van der Waals surface area (Å²) in [5, 5.41) is 5.96. The first-order chi connectivity index (χ1) is 11.5. The highest BCUT2D eigenvalue weighted by Crippen LogP contribution is 2.30. The zero-order chi connectivity index (χ0) is 17.1. The lowest BCUT2D eigenvalue weighted by Crippen LogP contribution is -2.10. The van der Waals surface area contributed by atoms with Crippen molar-refractivity contribution in [1.29, 1.82) is 0 Å². The number of hydrogen-bond donors (Lipinski definition) is 2. The first-order valence-electron chi connectivity index (χ1n) is 7.02.